The summed E-state index contributed by atoms with van der Waals surface area (Å²) in [6.07, 6.45) is -3.82. The highest BCUT2D eigenvalue weighted by atomic mass is 32.2. The molecule has 7 nitrogen and oxygen atoms in total. The van der Waals surface area contributed by atoms with Crippen molar-refractivity contribution in [2.75, 3.05) is 25.5 Å². The van der Waals surface area contributed by atoms with Crippen LogP contribution in [0.5, 0.6) is 5.75 Å². The van der Waals surface area contributed by atoms with Crippen LogP contribution in [0.3, 0.4) is 0 Å². The highest BCUT2D eigenvalue weighted by Gasteiger charge is 2.51. The van der Waals surface area contributed by atoms with Crippen LogP contribution in [0.4, 0.5) is 18.9 Å². The van der Waals surface area contributed by atoms with Crippen LogP contribution < -0.4 is 10.1 Å². The van der Waals surface area contributed by atoms with Crippen LogP contribution >= 0.6 is 0 Å². The fourth-order valence-corrected chi connectivity index (χ4v) is 4.52. The van der Waals surface area contributed by atoms with Gasteiger partial charge in [0.1, 0.15) is 10.6 Å². The number of ether oxygens (including phenoxy) is 1. The van der Waals surface area contributed by atoms with E-state index >= 15 is 0 Å². The SMILES string of the molecule is COc1ccc(NC(=O)CC(C)(O)C(F)(F)F)cc1S(=O)(=O)N1CCCCC1. The van der Waals surface area contributed by atoms with Crippen molar-refractivity contribution in [3.05, 3.63) is 18.2 Å². The van der Waals surface area contributed by atoms with Crippen molar-refractivity contribution in [3.63, 3.8) is 0 Å². The van der Waals surface area contributed by atoms with Crippen molar-refractivity contribution in [2.45, 2.75) is 49.3 Å². The molecule has 0 aliphatic carbocycles. The van der Waals surface area contributed by atoms with E-state index in [1.54, 1.807) is 0 Å². The van der Waals surface area contributed by atoms with E-state index in [1.807, 2.05) is 0 Å². The third-order valence-corrected chi connectivity index (χ3v) is 6.42. The van der Waals surface area contributed by atoms with Crippen LogP contribution in [0.25, 0.3) is 0 Å². The molecule has 1 heterocycles. The van der Waals surface area contributed by atoms with Gasteiger partial charge in [-0.1, -0.05) is 6.42 Å². The molecule has 1 fully saturated rings. The third kappa shape index (κ3) is 4.95. The second-order valence-electron chi connectivity index (χ2n) is 6.83. The number of sulfonamides is 1. The Kier molecular flexibility index (Phi) is 6.62. The molecule has 2 rings (SSSR count). The fraction of sp³-hybridized carbons (Fsp3) is 0.588. The minimum absolute atomic E-state index is 0.0145. The van der Waals surface area contributed by atoms with Crippen molar-refractivity contribution in [3.8, 4) is 5.75 Å². The van der Waals surface area contributed by atoms with Gasteiger partial charge in [0.15, 0.2) is 5.60 Å². The summed E-state index contributed by atoms with van der Waals surface area (Å²) in [7, 11) is -2.60. The van der Waals surface area contributed by atoms with Crippen molar-refractivity contribution in [1.29, 1.82) is 0 Å². The summed E-state index contributed by atoms with van der Waals surface area (Å²) in [6, 6.07) is 3.77. The number of anilines is 1. The summed E-state index contributed by atoms with van der Waals surface area (Å²) in [5.74, 6) is -1.04. The largest absolute Gasteiger partial charge is 0.495 e. The number of nitrogens with zero attached hydrogens (tertiary/aromatic N) is 1. The molecule has 1 saturated heterocycles. The quantitative estimate of drug-likeness (QED) is 0.732. The summed E-state index contributed by atoms with van der Waals surface area (Å²) in [6.45, 7) is 1.21. The first-order valence-electron chi connectivity index (χ1n) is 8.65. The lowest BCUT2D eigenvalue weighted by Gasteiger charge is -2.27. The van der Waals surface area contributed by atoms with E-state index < -0.39 is 34.1 Å². The normalized spacial score (nSPS) is 18.4. The van der Waals surface area contributed by atoms with Crippen molar-refractivity contribution in [1.82, 2.24) is 4.31 Å². The van der Waals surface area contributed by atoms with Crippen LogP contribution in [0.15, 0.2) is 23.1 Å². The maximum Gasteiger partial charge on any atom is 0.417 e. The number of hydrogen-bond donors (Lipinski definition) is 2. The minimum atomic E-state index is -4.98. The third-order valence-electron chi connectivity index (χ3n) is 4.50. The van der Waals surface area contributed by atoms with Crippen LogP contribution in [0, 0.1) is 0 Å². The Labute approximate surface area is 161 Å². The van der Waals surface area contributed by atoms with E-state index in [0.717, 1.165) is 25.3 Å². The number of aliphatic hydroxyl groups is 1. The number of carbonyl (C=O) groups excluding carboxylic acids is 1. The molecule has 1 atom stereocenters. The van der Waals surface area contributed by atoms with E-state index in [2.05, 4.69) is 5.32 Å². The minimum Gasteiger partial charge on any atom is -0.495 e. The second kappa shape index (κ2) is 8.26. The van der Waals surface area contributed by atoms with Crippen LogP contribution in [-0.2, 0) is 14.8 Å². The number of benzene rings is 1. The van der Waals surface area contributed by atoms with E-state index in [4.69, 9.17) is 4.74 Å². The number of halogens is 3. The molecular formula is C17H23F3N2O5S. The highest BCUT2D eigenvalue weighted by molar-refractivity contribution is 7.89. The number of nitrogens with one attached hydrogen (secondary N) is 1. The molecule has 0 radical (unpaired) electrons. The summed E-state index contributed by atoms with van der Waals surface area (Å²) in [5, 5.41) is 11.6. The van der Waals surface area contributed by atoms with Crippen molar-refractivity contribution >= 4 is 21.6 Å². The number of carbonyl (C=O) groups is 1. The van der Waals surface area contributed by atoms with E-state index in [9.17, 15) is 31.5 Å². The van der Waals surface area contributed by atoms with Gasteiger partial charge in [-0.25, -0.2) is 8.42 Å². The van der Waals surface area contributed by atoms with Gasteiger partial charge in [-0.2, -0.15) is 17.5 Å². The summed E-state index contributed by atoms with van der Waals surface area (Å²) in [4.78, 5) is 11.7. The molecule has 11 heteroatoms. The molecule has 0 spiro atoms. The first-order valence-corrected chi connectivity index (χ1v) is 10.1. The fourth-order valence-electron chi connectivity index (χ4n) is 2.82. The zero-order valence-electron chi connectivity index (χ0n) is 15.5. The van der Waals surface area contributed by atoms with Crippen LogP contribution in [-0.4, -0.2) is 55.7 Å². The number of amides is 1. The molecule has 28 heavy (non-hydrogen) atoms. The van der Waals surface area contributed by atoms with Gasteiger partial charge in [0.05, 0.1) is 13.5 Å². The zero-order valence-corrected chi connectivity index (χ0v) is 16.4. The molecule has 1 aromatic carbocycles. The molecule has 0 bridgehead atoms. The molecule has 0 aromatic heterocycles. The monoisotopic (exact) mass is 424 g/mol. The first kappa shape index (κ1) is 22.4. The Hall–Kier alpha value is -1.85. The van der Waals surface area contributed by atoms with Crippen molar-refractivity contribution in [2.24, 2.45) is 0 Å². The number of rotatable bonds is 6. The second-order valence-corrected chi connectivity index (χ2v) is 8.73. The summed E-state index contributed by atoms with van der Waals surface area (Å²) < 4.78 is 70.4. The molecule has 1 aromatic rings. The Morgan fingerprint density at radius 2 is 1.86 bits per heavy atom. The molecule has 1 unspecified atom stereocenters. The molecular weight excluding hydrogens is 401 g/mol. The molecule has 2 N–H and O–H groups in total. The number of piperidine rings is 1. The lowest BCUT2D eigenvalue weighted by molar-refractivity contribution is -0.252. The molecule has 158 valence electrons. The zero-order chi connectivity index (χ0) is 21.2. The van der Waals surface area contributed by atoms with Gasteiger partial charge in [0.2, 0.25) is 15.9 Å². The van der Waals surface area contributed by atoms with Crippen LogP contribution in [0.2, 0.25) is 0 Å². The van der Waals surface area contributed by atoms with Gasteiger partial charge in [0.25, 0.3) is 0 Å². The highest BCUT2D eigenvalue weighted by Crippen LogP contribution is 2.34. The first-order chi connectivity index (χ1) is 12.9. The average Bonchev–Trinajstić information content (AvgIpc) is 2.61. The molecule has 1 aliphatic rings. The standard InChI is InChI=1S/C17H23F3N2O5S/c1-16(24,17(18,19)20)11-15(23)21-12-6-7-13(27-2)14(10-12)28(25,26)22-8-4-3-5-9-22/h6-7,10,24H,3-5,8-9,11H2,1-2H3,(H,21,23). The van der Waals surface area contributed by atoms with E-state index in [0.29, 0.717) is 20.0 Å². The molecule has 0 saturated carbocycles. The van der Waals surface area contributed by atoms with E-state index in [1.165, 1.54) is 23.5 Å². The Morgan fingerprint density at radius 3 is 2.39 bits per heavy atom. The number of methoxy groups -OCH3 is 1. The molecule has 1 aliphatic heterocycles. The van der Waals surface area contributed by atoms with Crippen molar-refractivity contribution < 1.29 is 36.2 Å². The van der Waals surface area contributed by atoms with Crippen LogP contribution in [0.1, 0.15) is 32.6 Å². The number of alkyl halides is 3. The van der Waals surface area contributed by atoms with Gasteiger partial charge in [-0.15, -0.1) is 0 Å². The maximum absolute atomic E-state index is 12.9. The Balaban J connectivity index is 2.26. The smallest absolute Gasteiger partial charge is 0.417 e. The average molecular weight is 424 g/mol. The Morgan fingerprint density at radius 1 is 1.25 bits per heavy atom. The van der Waals surface area contributed by atoms with Gasteiger partial charge in [-0.05, 0) is 38.0 Å². The lowest BCUT2D eigenvalue weighted by Crippen LogP contribution is -2.44. The topological polar surface area (TPSA) is 95.9 Å². The lowest BCUT2D eigenvalue weighted by atomic mass is 10.0. The Bertz CT molecular complexity index is 819. The summed E-state index contributed by atoms with van der Waals surface area (Å²) >= 11 is 0. The predicted molar refractivity (Wildman–Crippen MR) is 95.5 cm³/mol. The van der Waals surface area contributed by atoms with Gasteiger partial charge in [0, 0.05) is 18.8 Å². The maximum atomic E-state index is 12.9. The molecule has 1 amide bonds. The predicted octanol–water partition coefficient (Wildman–Crippen LogP) is 2.51. The summed E-state index contributed by atoms with van der Waals surface area (Å²) in [5.41, 5.74) is -3.22. The number of hydrogen-bond acceptors (Lipinski definition) is 5. The van der Waals surface area contributed by atoms with Gasteiger partial charge in [-0.3, -0.25) is 4.79 Å². The van der Waals surface area contributed by atoms with Gasteiger partial charge < -0.3 is 15.2 Å². The van der Waals surface area contributed by atoms with Gasteiger partial charge >= 0.3 is 6.18 Å². The van der Waals surface area contributed by atoms with E-state index in [-0.39, 0.29) is 16.3 Å².